The van der Waals surface area contributed by atoms with Crippen LogP contribution in [0.4, 0.5) is 13.2 Å². The molecule has 0 saturated carbocycles. The van der Waals surface area contributed by atoms with E-state index >= 15 is 0 Å². The van der Waals surface area contributed by atoms with Crippen LogP contribution >= 0.6 is 0 Å². The molecule has 4 nitrogen and oxygen atoms in total. The SMILES string of the molecule is CCCCNC1(C#CC(=O)O)C=CC=C(C(F)(F)F)N1. The number of carboxylic acid groups (broad SMARTS) is 1. The van der Waals surface area contributed by atoms with Gasteiger partial charge in [-0.25, -0.2) is 4.79 Å². The maximum atomic E-state index is 12.7. The number of hydrogen-bond donors (Lipinski definition) is 3. The summed E-state index contributed by atoms with van der Waals surface area (Å²) in [5.74, 6) is 2.74. The van der Waals surface area contributed by atoms with Crippen molar-refractivity contribution in [2.24, 2.45) is 0 Å². The average molecular weight is 288 g/mol. The fourth-order valence-electron chi connectivity index (χ4n) is 1.58. The number of carbonyl (C=O) groups is 1. The Morgan fingerprint density at radius 2 is 2.25 bits per heavy atom. The lowest BCUT2D eigenvalue weighted by molar-refractivity contribution is -0.130. The summed E-state index contributed by atoms with van der Waals surface area (Å²) >= 11 is 0. The summed E-state index contributed by atoms with van der Waals surface area (Å²) in [6.45, 7) is 2.34. The van der Waals surface area contributed by atoms with E-state index in [1.54, 1.807) is 0 Å². The summed E-state index contributed by atoms with van der Waals surface area (Å²) in [4.78, 5) is 10.5. The van der Waals surface area contributed by atoms with E-state index in [-0.39, 0.29) is 0 Å². The molecule has 1 aliphatic rings. The number of allylic oxidation sites excluding steroid dienone is 3. The molecule has 0 aromatic rings. The minimum absolute atomic E-state index is 0.410. The van der Waals surface area contributed by atoms with Gasteiger partial charge < -0.3 is 10.4 Å². The second-order valence-electron chi connectivity index (χ2n) is 4.21. The van der Waals surface area contributed by atoms with E-state index in [9.17, 15) is 18.0 Å². The summed E-state index contributed by atoms with van der Waals surface area (Å²) in [5, 5.41) is 13.6. The number of halogens is 3. The number of hydrogen-bond acceptors (Lipinski definition) is 3. The van der Waals surface area contributed by atoms with Crippen molar-refractivity contribution in [3.63, 3.8) is 0 Å². The highest BCUT2D eigenvalue weighted by atomic mass is 19.4. The summed E-state index contributed by atoms with van der Waals surface area (Å²) in [6.07, 6.45) is 0.483. The van der Waals surface area contributed by atoms with Crippen LogP contribution in [0.3, 0.4) is 0 Å². The number of aliphatic carboxylic acids is 1. The van der Waals surface area contributed by atoms with Crippen molar-refractivity contribution < 1.29 is 23.1 Å². The Morgan fingerprint density at radius 1 is 1.55 bits per heavy atom. The van der Waals surface area contributed by atoms with Gasteiger partial charge in [-0.1, -0.05) is 19.4 Å². The first-order valence-corrected chi connectivity index (χ1v) is 6.05. The first kappa shape index (κ1) is 16.1. The lowest BCUT2D eigenvalue weighted by Crippen LogP contribution is -2.57. The Balaban J connectivity index is 2.97. The van der Waals surface area contributed by atoms with Crippen LogP contribution in [0.5, 0.6) is 0 Å². The van der Waals surface area contributed by atoms with E-state index in [1.807, 2.05) is 12.8 Å². The third-order valence-corrected chi connectivity index (χ3v) is 2.55. The van der Waals surface area contributed by atoms with Gasteiger partial charge in [0.25, 0.3) is 0 Å². The molecular formula is C13H15F3N2O2. The summed E-state index contributed by atoms with van der Waals surface area (Å²) in [5.41, 5.74) is -2.49. The van der Waals surface area contributed by atoms with E-state index in [0.717, 1.165) is 18.9 Å². The van der Waals surface area contributed by atoms with Crippen molar-refractivity contribution in [1.29, 1.82) is 0 Å². The smallest absolute Gasteiger partial charge is 0.430 e. The van der Waals surface area contributed by atoms with Gasteiger partial charge in [-0.15, -0.1) is 0 Å². The molecule has 1 rings (SSSR count). The van der Waals surface area contributed by atoms with Gasteiger partial charge in [0.15, 0.2) is 5.66 Å². The van der Waals surface area contributed by atoms with Crippen molar-refractivity contribution >= 4 is 5.97 Å². The monoisotopic (exact) mass is 288 g/mol. The fourth-order valence-corrected chi connectivity index (χ4v) is 1.58. The van der Waals surface area contributed by atoms with Crippen LogP contribution in [0.15, 0.2) is 23.9 Å². The first-order chi connectivity index (χ1) is 9.29. The molecule has 0 aromatic carbocycles. The van der Waals surface area contributed by atoms with Crippen molar-refractivity contribution in [3.8, 4) is 11.8 Å². The highest BCUT2D eigenvalue weighted by molar-refractivity contribution is 5.86. The number of dihydropyridines is 1. The molecule has 1 atom stereocenters. The van der Waals surface area contributed by atoms with Gasteiger partial charge >= 0.3 is 12.1 Å². The molecule has 0 saturated heterocycles. The van der Waals surface area contributed by atoms with Gasteiger partial charge in [-0.2, -0.15) is 13.2 Å². The van der Waals surface area contributed by atoms with Gasteiger partial charge in [0.1, 0.15) is 5.70 Å². The highest BCUT2D eigenvalue weighted by Crippen LogP contribution is 2.27. The van der Waals surface area contributed by atoms with Gasteiger partial charge in [-0.05, 0) is 31.0 Å². The highest BCUT2D eigenvalue weighted by Gasteiger charge is 2.39. The normalized spacial score (nSPS) is 21.5. The first-order valence-electron chi connectivity index (χ1n) is 6.05. The Labute approximate surface area is 114 Å². The molecule has 20 heavy (non-hydrogen) atoms. The van der Waals surface area contributed by atoms with E-state index in [1.165, 1.54) is 12.2 Å². The van der Waals surface area contributed by atoms with Gasteiger partial charge in [0.05, 0.1) is 0 Å². The van der Waals surface area contributed by atoms with Gasteiger partial charge in [0.2, 0.25) is 0 Å². The second kappa shape index (κ2) is 6.48. The lowest BCUT2D eigenvalue weighted by atomic mass is 10.1. The van der Waals surface area contributed by atoms with Gasteiger partial charge in [0, 0.05) is 5.92 Å². The van der Waals surface area contributed by atoms with Crippen LogP contribution in [0.25, 0.3) is 0 Å². The molecule has 0 aromatic heterocycles. The molecule has 3 N–H and O–H groups in total. The molecule has 110 valence electrons. The summed E-state index contributed by atoms with van der Waals surface area (Å²) in [6, 6.07) is 0. The fraction of sp³-hybridized carbons (Fsp3) is 0.462. The minimum Gasteiger partial charge on any atom is -0.472 e. The number of nitrogens with one attached hydrogen (secondary N) is 2. The number of unbranched alkanes of at least 4 members (excludes halogenated alkanes) is 1. The standard InChI is InChI=1S/C13H15F3N2O2/c1-2-3-9-17-12(8-6-11(19)20)7-4-5-10(18-12)13(14,15)16/h4-5,7,17-18H,2-3,9H2,1H3,(H,19,20). The molecule has 0 radical (unpaired) electrons. The molecule has 1 unspecified atom stereocenters. The predicted molar refractivity (Wildman–Crippen MR) is 67.5 cm³/mol. The summed E-state index contributed by atoms with van der Waals surface area (Å²) in [7, 11) is 0. The van der Waals surface area contributed by atoms with Crippen LogP contribution in [-0.2, 0) is 4.79 Å². The Morgan fingerprint density at radius 3 is 2.80 bits per heavy atom. The Kier molecular flexibility index (Phi) is 5.22. The maximum absolute atomic E-state index is 12.7. The van der Waals surface area contributed by atoms with Crippen LogP contribution in [0, 0.1) is 11.8 Å². The molecule has 0 fully saturated rings. The maximum Gasteiger partial charge on any atom is 0.430 e. The molecular weight excluding hydrogens is 273 g/mol. The molecule has 1 aliphatic heterocycles. The quantitative estimate of drug-likeness (QED) is 0.545. The van der Waals surface area contributed by atoms with Gasteiger partial charge in [-0.3, -0.25) is 5.32 Å². The third kappa shape index (κ3) is 4.63. The van der Waals surface area contributed by atoms with Crippen molar-refractivity contribution in [2.75, 3.05) is 6.54 Å². The zero-order chi connectivity index (χ0) is 15.2. The van der Waals surface area contributed by atoms with Crippen LogP contribution < -0.4 is 10.6 Å². The molecule has 0 amide bonds. The minimum atomic E-state index is -4.55. The van der Waals surface area contributed by atoms with Crippen LogP contribution in [0.1, 0.15) is 19.8 Å². The molecule has 7 heteroatoms. The molecule has 1 heterocycles. The van der Waals surface area contributed by atoms with Crippen molar-refractivity contribution in [1.82, 2.24) is 10.6 Å². The largest absolute Gasteiger partial charge is 0.472 e. The summed E-state index contributed by atoms with van der Waals surface area (Å²) < 4.78 is 38.1. The lowest BCUT2D eigenvalue weighted by Gasteiger charge is -2.32. The Bertz CT molecular complexity index is 486. The van der Waals surface area contributed by atoms with Crippen molar-refractivity contribution in [2.45, 2.75) is 31.6 Å². The number of alkyl halides is 3. The zero-order valence-corrected chi connectivity index (χ0v) is 10.8. The molecule has 0 bridgehead atoms. The van der Waals surface area contributed by atoms with E-state index in [2.05, 4.69) is 16.6 Å². The average Bonchev–Trinajstić information content (AvgIpc) is 2.36. The number of rotatable bonds is 4. The van der Waals surface area contributed by atoms with Crippen LogP contribution in [0.2, 0.25) is 0 Å². The van der Waals surface area contributed by atoms with Crippen LogP contribution in [-0.4, -0.2) is 29.5 Å². The predicted octanol–water partition coefficient (Wildman–Crippen LogP) is 1.77. The molecule has 0 spiro atoms. The zero-order valence-electron chi connectivity index (χ0n) is 10.8. The van der Waals surface area contributed by atoms with E-state index < -0.39 is 23.5 Å². The van der Waals surface area contributed by atoms with Crippen molar-refractivity contribution in [3.05, 3.63) is 23.9 Å². The number of carboxylic acids is 1. The Hall–Kier alpha value is -1.94. The van der Waals surface area contributed by atoms with E-state index in [0.29, 0.717) is 6.54 Å². The molecule has 0 aliphatic carbocycles. The topological polar surface area (TPSA) is 61.4 Å². The second-order valence-corrected chi connectivity index (χ2v) is 4.21. The van der Waals surface area contributed by atoms with E-state index in [4.69, 9.17) is 5.11 Å². The third-order valence-electron chi connectivity index (χ3n) is 2.55.